The summed E-state index contributed by atoms with van der Waals surface area (Å²) >= 11 is 8.17. The molecule has 0 aliphatic heterocycles. The number of aromatic amines is 1. The van der Waals surface area contributed by atoms with Crippen LogP contribution in [0.4, 0.5) is 0 Å². The van der Waals surface area contributed by atoms with Crippen LogP contribution in [0.2, 0.25) is 0 Å². The second-order valence-electron chi connectivity index (χ2n) is 11.9. The molecular formula is C39H41Cs2CuI2N6O5. The fourth-order valence-electron chi connectivity index (χ4n) is 5.72. The Kier molecular flexibility index (Phi) is 26.2. The molecular weight excluding hydrogens is 1220 g/mol. The van der Waals surface area contributed by atoms with Crippen molar-refractivity contribution in [2.75, 3.05) is 0 Å². The number of hydrogen-bond acceptors (Lipinski definition) is 9. The average molecular weight is 1260 g/mol. The van der Waals surface area contributed by atoms with Gasteiger partial charge in [-0.2, -0.15) is 0 Å². The summed E-state index contributed by atoms with van der Waals surface area (Å²) in [7, 11) is 0. The van der Waals surface area contributed by atoms with Crippen molar-refractivity contribution in [3.63, 3.8) is 0 Å². The van der Waals surface area contributed by atoms with E-state index in [0.29, 0.717) is 0 Å². The number of aryl methyl sites for hydroxylation is 2. The third-order valence-electron chi connectivity index (χ3n) is 8.28. The second kappa shape index (κ2) is 28.0. The molecule has 1 fully saturated rings. The van der Waals surface area contributed by atoms with Gasteiger partial charge in [0.05, 0.1) is 27.6 Å². The fraction of sp³-hybridized carbons (Fsp3) is 0.205. The van der Waals surface area contributed by atoms with E-state index >= 15 is 0 Å². The van der Waals surface area contributed by atoms with Crippen LogP contribution >= 0.6 is 42.9 Å². The molecule has 11 nitrogen and oxygen atoms in total. The number of aromatic nitrogens is 4. The number of nitrogens with two attached hydrogens (primary N) is 2. The molecule has 4 aromatic carbocycles. The number of benzene rings is 4. The van der Waals surface area contributed by atoms with Crippen molar-refractivity contribution in [2.45, 2.75) is 51.6 Å². The first-order chi connectivity index (χ1) is 25.8. The Morgan fingerprint density at radius 2 is 1.36 bits per heavy atom. The van der Waals surface area contributed by atoms with Crippen LogP contribution in [0.1, 0.15) is 38.5 Å². The van der Waals surface area contributed by atoms with Crippen molar-refractivity contribution in [3.05, 3.63) is 125 Å². The van der Waals surface area contributed by atoms with Crippen LogP contribution in [0.25, 0.3) is 49.6 Å². The predicted octanol–water partition coefficient (Wildman–Crippen LogP) is 2.64. The molecule has 5 N–H and O–H groups in total. The number of fused-ring (bicyclic) bond motifs is 6. The Hall–Kier alpha value is 0.333. The van der Waals surface area contributed by atoms with Crippen LogP contribution in [0.15, 0.2) is 119 Å². The second-order valence-corrected chi connectivity index (χ2v) is 13.1. The molecule has 0 saturated heterocycles. The quantitative estimate of drug-likeness (QED) is 0.0774. The summed E-state index contributed by atoms with van der Waals surface area (Å²) in [5.41, 5.74) is 18.2. The van der Waals surface area contributed by atoms with E-state index in [1.165, 1.54) is 23.6 Å². The molecule has 9 rings (SSSR count). The maximum absolute atomic E-state index is 8.64. The first-order valence-corrected chi connectivity index (χ1v) is 20.7. The number of rotatable bonds is 2. The van der Waals surface area contributed by atoms with Gasteiger partial charge < -0.3 is 41.4 Å². The minimum Gasteiger partial charge on any atom is -1.00 e. The van der Waals surface area contributed by atoms with Gasteiger partial charge in [-0.1, -0.05) is 73.5 Å². The Labute approximate surface area is 472 Å². The molecule has 4 heterocycles. The van der Waals surface area contributed by atoms with Crippen LogP contribution < -0.4 is 155 Å². The van der Waals surface area contributed by atoms with Gasteiger partial charge in [-0.25, -0.2) is 9.97 Å². The van der Waals surface area contributed by atoms with Crippen molar-refractivity contribution in [1.29, 1.82) is 0 Å². The minimum atomic E-state index is -0.181. The van der Waals surface area contributed by atoms with Crippen LogP contribution in [0.5, 0.6) is 0 Å². The molecule has 55 heavy (non-hydrogen) atoms. The van der Waals surface area contributed by atoms with E-state index in [1.54, 1.807) is 32.9 Å². The van der Waals surface area contributed by atoms with E-state index < -0.39 is 0 Å². The number of nitrogens with one attached hydrogen (secondary N) is 1. The molecule has 0 amide bonds. The standard InChI is InChI=1S/C16H12N2O.C12H7IO.C6H14N2.C4H6N2.CH2O3.2Cs.Cu.HI.H/c1-11-9-18(10-17-11)14-7-4-6-13-12-5-2-3-8-15(12)19-16(13)14;13-10-6-3-5-9-8-4-1-2-7-11(8)14-12(9)10;7-5-3-1-2-4-6(5)8;1-4-2-5-3-6-4;2-1-4-3;;;;;/h2-10H,1H3;1-7H;5-6H,1-4,7-8H2;2-3H,1H3,(H,5,6);1,3H;;;;1H;/q;;;;;3*+1;;-1/p-2. The van der Waals surface area contributed by atoms with Crippen molar-refractivity contribution in [1.82, 2.24) is 19.5 Å². The zero-order valence-electron chi connectivity index (χ0n) is 32.0. The van der Waals surface area contributed by atoms with Gasteiger partial charge in [-0.05, 0) is 73.5 Å². The van der Waals surface area contributed by atoms with Crippen molar-refractivity contribution in [3.8, 4) is 5.69 Å². The fourth-order valence-corrected chi connectivity index (χ4v) is 6.32. The largest absolute Gasteiger partial charge is 1.00 e. The van der Waals surface area contributed by atoms with Gasteiger partial charge >= 0.3 is 171 Å². The van der Waals surface area contributed by atoms with Gasteiger partial charge in [0.15, 0.2) is 5.58 Å². The molecule has 4 aromatic heterocycles. The van der Waals surface area contributed by atoms with E-state index in [2.05, 4.69) is 97.7 Å². The number of halogens is 2. The smallest absolute Gasteiger partial charge is 1.00 e. The Balaban J connectivity index is 0.000000375. The zero-order chi connectivity index (χ0) is 38.2. The van der Waals surface area contributed by atoms with Gasteiger partial charge in [0.25, 0.3) is 6.47 Å². The van der Waals surface area contributed by atoms with Gasteiger partial charge in [-0.3, -0.25) is 4.79 Å². The summed E-state index contributed by atoms with van der Waals surface area (Å²) in [6, 6.07) is 29.2. The van der Waals surface area contributed by atoms with Crippen LogP contribution in [0.3, 0.4) is 0 Å². The third-order valence-corrected chi connectivity index (χ3v) is 9.13. The third kappa shape index (κ3) is 15.4. The van der Waals surface area contributed by atoms with Gasteiger partial charge in [-0.15, -0.1) is 0 Å². The first kappa shape index (κ1) is 51.5. The molecule has 1 aliphatic rings. The predicted molar refractivity (Wildman–Crippen MR) is 222 cm³/mol. The summed E-state index contributed by atoms with van der Waals surface area (Å²) in [6.07, 6.45) is 12.1. The maximum Gasteiger partial charge on any atom is -1.00 e. The summed E-state index contributed by atoms with van der Waals surface area (Å²) in [5.74, 6) is 0. The van der Waals surface area contributed by atoms with Crippen LogP contribution in [0, 0.1) is 17.4 Å². The number of furan rings is 2. The molecule has 0 radical (unpaired) electrons. The molecule has 2 atom stereocenters. The van der Waals surface area contributed by atoms with Crippen molar-refractivity contribution < 1.29 is 176 Å². The summed E-state index contributed by atoms with van der Waals surface area (Å²) in [6.45, 7) is 3.77. The van der Waals surface area contributed by atoms with E-state index in [9.17, 15) is 0 Å². The molecule has 0 spiro atoms. The zero-order valence-corrected chi connectivity index (χ0v) is 48.9. The number of imidazole rings is 2. The molecule has 2 unspecified atom stereocenters. The summed E-state index contributed by atoms with van der Waals surface area (Å²) in [5, 5.41) is 13.1. The minimum absolute atomic E-state index is 0. The molecule has 284 valence electrons. The van der Waals surface area contributed by atoms with E-state index in [0.717, 1.165) is 66.6 Å². The molecule has 16 heteroatoms. The van der Waals surface area contributed by atoms with Crippen molar-refractivity contribution >= 4 is 93.3 Å². The number of carbonyl (C=O) groups is 1. The van der Waals surface area contributed by atoms with Crippen molar-refractivity contribution in [2.24, 2.45) is 11.5 Å². The number of nitrogens with zero attached hydrogens (tertiary/aromatic N) is 3. The topological polar surface area (TPSA) is 174 Å². The SMILES string of the molecule is Cc1cn(-c2cccc3c2oc2ccccc23)cn1.Cc1cnc[nH]1.Ic1cccc2c1oc1ccccc12.NC1CCCCC1N.O=CO[O-].[Cs+].[Cs+].[Cu][I].[H-]. The van der Waals surface area contributed by atoms with E-state index in [4.69, 9.17) is 30.4 Å². The molecule has 1 aliphatic carbocycles. The van der Waals surface area contributed by atoms with Gasteiger partial charge in [0, 0.05) is 51.7 Å². The number of H-pyrrole nitrogens is 1. The normalized spacial score (nSPS) is 14.1. The average Bonchev–Trinajstić information content (AvgIpc) is 4.01. The molecule has 8 aromatic rings. The summed E-state index contributed by atoms with van der Waals surface area (Å²) in [4.78, 5) is 22.2. The van der Waals surface area contributed by atoms with Gasteiger partial charge in [0.1, 0.15) is 16.7 Å². The van der Waals surface area contributed by atoms with E-state index in [-0.39, 0.29) is 158 Å². The monoisotopic (exact) mass is 1260 g/mol. The Morgan fingerprint density at radius 3 is 1.82 bits per heavy atom. The summed E-state index contributed by atoms with van der Waals surface area (Å²) < 4.78 is 14.9. The van der Waals surface area contributed by atoms with Crippen LogP contribution in [-0.4, -0.2) is 38.1 Å². The number of carbonyl (C=O) groups excluding carboxylic acids is 1. The molecule has 1 saturated carbocycles. The Morgan fingerprint density at radius 1 is 0.855 bits per heavy atom. The number of para-hydroxylation sites is 4. The van der Waals surface area contributed by atoms with Crippen LogP contribution in [-0.2, 0) is 22.4 Å². The maximum atomic E-state index is 8.64. The van der Waals surface area contributed by atoms with Gasteiger partial charge in [0.2, 0.25) is 0 Å². The first-order valence-electron chi connectivity index (χ1n) is 16.6. The number of hydrogen-bond donors (Lipinski definition) is 3. The Bertz CT molecular complexity index is 2300. The molecule has 0 bridgehead atoms. The van der Waals surface area contributed by atoms with E-state index in [1.807, 2.05) is 73.4 Å².